The van der Waals surface area contributed by atoms with E-state index in [0.717, 1.165) is 18.5 Å². The Balaban J connectivity index is 1.89. The number of carbonyl (C=O) groups excluding carboxylic acids is 1. The summed E-state index contributed by atoms with van der Waals surface area (Å²) in [6, 6.07) is 4.22. The third-order valence-corrected chi connectivity index (χ3v) is 4.34. The van der Waals surface area contributed by atoms with Gasteiger partial charge in [0.15, 0.2) is 5.13 Å². The summed E-state index contributed by atoms with van der Waals surface area (Å²) in [5, 5.41) is 9.69. The fourth-order valence-corrected chi connectivity index (χ4v) is 3.18. The van der Waals surface area contributed by atoms with Gasteiger partial charge < -0.3 is 10.6 Å². The monoisotopic (exact) mass is 281 g/mol. The molecule has 96 valence electrons. The molecular weight excluding hydrogens is 266 g/mol. The molecule has 18 heavy (non-hydrogen) atoms. The number of aryl methyl sites for hydroxylation is 2. The Morgan fingerprint density at radius 3 is 2.89 bits per heavy atom. The maximum atomic E-state index is 10.9. The number of nitrogens with zero attached hydrogens (tertiary/aromatic N) is 1. The quantitative estimate of drug-likeness (QED) is 0.886. The van der Waals surface area contributed by atoms with Crippen LogP contribution >= 0.6 is 22.7 Å². The van der Waals surface area contributed by atoms with Crippen molar-refractivity contribution in [3.63, 3.8) is 0 Å². The zero-order valence-corrected chi connectivity index (χ0v) is 12.0. The molecule has 0 atom stereocenters. The van der Waals surface area contributed by atoms with E-state index in [1.165, 1.54) is 28.1 Å². The van der Waals surface area contributed by atoms with E-state index in [4.69, 9.17) is 0 Å². The number of thiophene rings is 1. The van der Waals surface area contributed by atoms with E-state index in [1.54, 1.807) is 11.3 Å². The van der Waals surface area contributed by atoms with Gasteiger partial charge >= 0.3 is 0 Å². The molecule has 2 N–H and O–H groups in total. The van der Waals surface area contributed by atoms with E-state index in [0.29, 0.717) is 5.13 Å². The molecule has 0 aliphatic rings. The van der Waals surface area contributed by atoms with Crippen molar-refractivity contribution in [2.24, 2.45) is 0 Å². The molecule has 0 radical (unpaired) electrons. The van der Waals surface area contributed by atoms with Gasteiger partial charge in [0.2, 0.25) is 5.91 Å². The van der Waals surface area contributed by atoms with Crippen LogP contribution in [0.1, 0.15) is 17.5 Å². The summed E-state index contributed by atoms with van der Waals surface area (Å²) in [6.07, 6.45) is 1.88. The molecule has 0 fully saturated rings. The van der Waals surface area contributed by atoms with Gasteiger partial charge in [0, 0.05) is 24.2 Å². The molecule has 0 saturated carbocycles. The van der Waals surface area contributed by atoms with Gasteiger partial charge in [0.25, 0.3) is 0 Å². The first-order valence-electron chi connectivity index (χ1n) is 5.66. The van der Waals surface area contributed by atoms with Crippen LogP contribution in [-0.2, 0) is 17.6 Å². The van der Waals surface area contributed by atoms with Crippen molar-refractivity contribution < 1.29 is 4.79 Å². The maximum absolute atomic E-state index is 10.9. The van der Waals surface area contributed by atoms with Crippen molar-refractivity contribution >= 4 is 38.7 Å². The molecule has 2 aromatic rings. The van der Waals surface area contributed by atoms with E-state index < -0.39 is 0 Å². The van der Waals surface area contributed by atoms with Crippen LogP contribution < -0.4 is 10.6 Å². The summed E-state index contributed by atoms with van der Waals surface area (Å²) in [7, 11) is 1.93. The average molecular weight is 281 g/mol. The summed E-state index contributed by atoms with van der Waals surface area (Å²) in [6.45, 7) is 1.49. The zero-order chi connectivity index (χ0) is 13.0. The molecule has 4 nitrogen and oxygen atoms in total. The molecule has 2 aromatic heterocycles. The minimum atomic E-state index is -0.0761. The minimum absolute atomic E-state index is 0.0761. The normalized spacial score (nSPS) is 10.3. The van der Waals surface area contributed by atoms with Crippen molar-refractivity contribution in [2.75, 3.05) is 17.7 Å². The average Bonchev–Trinajstić information content (AvgIpc) is 2.94. The van der Waals surface area contributed by atoms with Crippen LogP contribution in [-0.4, -0.2) is 17.9 Å². The molecule has 0 aromatic carbocycles. The van der Waals surface area contributed by atoms with Crippen LogP contribution in [0.3, 0.4) is 0 Å². The standard InChI is InChI=1S/C12H15N3OS2/c1-8(16)14-12-15-9(7-17-12)3-4-10-5-6-11(13-2)18-10/h5-7,13H,3-4H2,1-2H3,(H,14,15,16). The number of amides is 1. The zero-order valence-electron chi connectivity index (χ0n) is 10.3. The molecule has 0 aliphatic carbocycles. The molecule has 0 bridgehead atoms. The third kappa shape index (κ3) is 3.54. The van der Waals surface area contributed by atoms with Crippen LogP contribution in [0, 0.1) is 0 Å². The van der Waals surface area contributed by atoms with Gasteiger partial charge in [0.1, 0.15) is 0 Å². The number of aromatic nitrogens is 1. The van der Waals surface area contributed by atoms with E-state index in [9.17, 15) is 4.79 Å². The van der Waals surface area contributed by atoms with Gasteiger partial charge in [0.05, 0.1) is 10.7 Å². The van der Waals surface area contributed by atoms with Gasteiger partial charge in [-0.25, -0.2) is 4.98 Å². The van der Waals surface area contributed by atoms with Gasteiger partial charge in [-0.2, -0.15) is 0 Å². The van der Waals surface area contributed by atoms with Gasteiger partial charge in [-0.1, -0.05) is 0 Å². The molecule has 0 saturated heterocycles. The van der Waals surface area contributed by atoms with Crippen LogP contribution in [0.4, 0.5) is 10.1 Å². The Hall–Kier alpha value is -1.40. The topological polar surface area (TPSA) is 54.0 Å². The second-order valence-corrected chi connectivity index (χ2v) is 5.87. The molecule has 0 aliphatic heterocycles. The van der Waals surface area contributed by atoms with Crippen molar-refractivity contribution in [1.82, 2.24) is 4.98 Å². The fourth-order valence-electron chi connectivity index (χ4n) is 1.53. The number of thiazole rings is 1. The SMILES string of the molecule is CNc1ccc(CCc2csc(NC(C)=O)n2)s1. The lowest BCUT2D eigenvalue weighted by atomic mass is 10.2. The van der Waals surface area contributed by atoms with E-state index in [2.05, 4.69) is 27.8 Å². The first-order chi connectivity index (χ1) is 8.67. The first kappa shape index (κ1) is 13.0. The predicted octanol–water partition coefficient (Wildman–Crippen LogP) is 2.99. The lowest BCUT2D eigenvalue weighted by Gasteiger charge is -1.96. The van der Waals surface area contributed by atoms with Crippen LogP contribution in [0.2, 0.25) is 0 Å². The molecule has 0 spiro atoms. The highest BCUT2D eigenvalue weighted by Crippen LogP contribution is 2.23. The molecule has 2 rings (SSSR count). The number of nitrogens with one attached hydrogen (secondary N) is 2. The van der Waals surface area contributed by atoms with E-state index in [-0.39, 0.29) is 5.91 Å². The van der Waals surface area contributed by atoms with Crippen molar-refractivity contribution in [1.29, 1.82) is 0 Å². The molecular formula is C12H15N3OS2. The van der Waals surface area contributed by atoms with Crippen molar-refractivity contribution in [2.45, 2.75) is 19.8 Å². The van der Waals surface area contributed by atoms with Crippen LogP contribution in [0.5, 0.6) is 0 Å². The lowest BCUT2D eigenvalue weighted by molar-refractivity contribution is -0.114. The number of carbonyl (C=O) groups is 1. The summed E-state index contributed by atoms with van der Waals surface area (Å²) in [5.74, 6) is -0.0761. The maximum Gasteiger partial charge on any atom is 0.223 e. The molecule has 6 heteroatoms. The van der Waals surface area contributed by atoms with Gasteiger partial charge in [-0.15, -0.1) is 22.7 Å². The lowest BCUT2D eigenvalue weighted by Crippen LogP contribution is -2.05. The first-order valence-corrected chi connectivity index (χ1v) is 7.35. The Morgan fingerprint density at radius 2 is 2.22 bits per heavy atom. The Labute approximate surface area is 114 Å². The molecule has 2 heterocycles. The second kappa shape index (κ2) is 5.97. The molecule has 1 amide bonds. The Kier molecular flexibility index (Phi) is 4.33. The minimum Gasteiger partial charge on any atom is -0.380 e. The summed E-state index contributed by atoms with van der Waals surface area (Å²) < 4.78 is 0. The summed E-state index contributed by atoms with van der Waals surface area (Å²) in [4.78, 5) is 16.6. The number of hydrogen-bond acceptors (Lipinski definition) is 5. The van der Waals surface area contributed by atoms with Crippen LogP contribution in [0.25, 0.3) is 0 Å². The Bertz CT molecular complexity index is 533. The van der Waals surface area contributed by atoms with E-state index >= 15 is 0 Å². The number of hydrogen-bond donors (Lipinski definition) is 2. The van der Waals surface area contributed by atoms with E-state index in [1.807, 2.05) is 12.4 Å². The number of rotatable bonds is 5. The highest BCUT2D eigenvalue weighted by molar-refractivity contribution is 7.16. The summed E-state index contributed by atoms with van der Waals surface area (Å²) in [5.41, 5.74) is 1.03. The predicted molar refractivity (Wildman–Crippen MR) is 77.7 cm³/mol. The number of anilines is 2. The van der Waals surface area contributed by atoms with Crippen LogP contribution in [0.15, 0.2) is 17.5 Å². The third-order valence-electron chi connectivity index (χ3n) is 2.37. The molecule has 0 unspecified atom stereocenters. The second-order valence-electron chi connectivity index (χ2n) is 3.84. The van der Waals surface area contributed by atoms with Crippen molar-refractivity contribution in [3.8, 4) is 0 Å². The largest absolute Gasteiger partial charge is 0.380 e. The smallest absolute Gasteiger partial charge is 0.223 e. The van der Waals surface area contributed by atoms with Gasteiger partial charge in [-0.05, 0) is 25.0 Å². The van der Waals surface area contributed by atoms with Crippen molar-refractivity contribution in [3.05, 3.63) is 28.1 Å². The Morgan fingerprint density at radius 1 is 1.39 bits per heavy atom. The fraction of sp³-hybridized carbons (Fsp3) is 0.333. The highest BCUT2D eigenvalue weighted by Gasteiger charge is 2.05. The summed E-state index contributed by atoms with van der Waals surface area (Å²) >= 11 is 3.24. The highest BCUT2D eigenvalue weighted by atomic mass is 32.1. The van der Waals surface area contributed by atoms with Gasteiger partial charge in [-0.3, -0.25) is 4.79 Å².